The number of rotatable bonds is 1. The zero-order valence-corrected chi connectivity index (χ0v) is 8.92. The van der Waals surface area contributed by atoms with E-state index in [0.717, 1.165) is 0 Å². The van der Waals surface area contributed by atoms with Crippen LogP contribution in [-0.2, 0) is 4.74 Å². The molecule has 0 rings (SSSR count). The predicted molar refractivity (Wildman–Crippen MR) is 50.3 cm³/mol. The van der Waals surface area contributed by atoms with Gasteiger partial charge in [-0.15, -0.1) is 0 Å². The van der Waals surface area contributed by atoms with Gasteiger partial charge in [0.1, 0.15) is 0 Å². The summed E-state index contributed by atoms with van der Waals surface area (Å²) in [7, 11) is 9.30. The van der Waals surface area contributed by atoms with Crippen LogP contribution in [0.3, 0.4) is 0 Å². The van der Waals surface area contributed by atoms with E-state index in [1.165, 1.54) is 4.90 Å². The molecule has 0 radical (unpaired) electrons. The molecule has 0 saturated heterocycles. The second-order valence-corrected chi connectivity index (χ2v) is 2.93. The summed E-state index contributed by atoms with van der Waals surface area (Å²) < 4.78 is 4.59. The Hall–Kier alpha value is -0.770. The molecule has 0 saturated carbocycles. The van der Waals surface area contributed by atoms with Gasteiger partial charge < -0.3 is 14.5 Å². The highest BCUT2D eigenvalue weighted by atomic mass is 16.5. The highest BCUT2D eigenvalue weighted by Crippen LogP contribution is 1.82. The molecule has 4 heteroatoms. The van der Waals surface area contributed by atoms with Gasteiger partial charge in [0.05, 0.1) is 6.61 Å². The molecule has 0 aromatic heterocycles. The van der Waals surface area contributed by atoms with Gasteiger partial charge in [-0.3, -0.25) is 0 Å². The van der Waals surface area contributed by atoms with E-state index in [-0.39, 0.29) is 6.09 Å². The Balaban J connectivity index is 0. The van der Waals surface area contributed by atoms with Crippen LogP contribution < -0.4 is 0 Å². The fourth-order valence-electron chi connectivity index (χ4n) is 0.253. The van der Waals surface area contributed by atoms with Gasteiger partial charge in [0.25, 0.3) is 0 Å². The van der Waals surface area contributed by atoms with Crippen molar-refractivity contribution in [1.82, 2.24) is 9.80 Å². The number of hydrogen-bond donors (Lipinski definition) is 0. The minimum atomic E-state index is -0.285. The zero-order chi connectivity index (χ0) is 10.1. The minimum Gasteiger partial charge on any atom is -0.450 e. The van der Waals surface area contributed by atoms with Gasteiger partial charge in [-0.05, 0) is 28.1 Å². The van der Waals surface area contributed by atoms with Crippen molar-refractivity contribution in [2.45, 2.75) is 6.92 Å². The summed E-state index contributed by atoms with van der Waals surface area (Å²) in [6, 6.07) is 0. The lowest BCUT2D eigenvalue weighted by Gasteiger charge is -2.07. The SMILES string of the molecule is CCOC(=O)N(C)C.CN(C)C. The molecule has 0 aliphatic rings. The van der Waals surface area contributed by atoms with E-state index in [1.54, 1.807) is 21.0 Å². The van der Waals surface area contributed by atoms with E-state index >= 15 is 0 Å². The Morgan fingerprint density at radius 1 is 1.17 bits per heavy atom. The number of ether oxygens (including phenoxy) is 1. The van der Waals surface area contributed by atoms with Gasteiger partial charge in [-0.2, -0.15) is 0 Å². The van der Waals surface area contributed by atoms with E-state index in [0.29, 0.717) is 6.61 Å². The summed E-state index contributed by atoms with van der Waals surface area (Å²) in [5, 5.41) is 0. The topological polar surface area (TPSA) is 32.8 Å². The molecule has 0 bridgehead atoms. The van der Waals surface area contributed by atoms with Crippen LogP contribution in [0, 0.1) is 0 Å². The van der Waals surface area contributed by atoms with Crippen LogP contribution in [0.5, 0.6) is 0 Å². The molecule has 4 nitrogen and oxygen atoms in total. The first-order valence-electron chi connectivity index (χ1n) is 3.86. The maximum absolute atomic E-state index is 10.4. The van der Waals surface area contributed by atoms with E-state index in [1.807, 2.05) is 26.0 Å². The normalized spacial score (nSPS) is 8.58. The van der Waals surface area contributed by atoms with E-state index < -0.39 is 0 Å². The van der Waals surface area contributed by atoms with Crippen LogP contribution in [0.15, 0.2) is 0 Å². The van der Waals surface area contributed by atoms with E-state index in [4.69, 9.17) is 0 Å². The third-order valence-corrected chi connectivity index (χ3v) is 0.633. The van der Waals surface area contributed by atoms with Crippen molar-refractivity contribution in [1.29, 1.82) is 0 Å². The average Bonchev–Trinajstić information content (AvgIpc) is 1.86. The fourth-order valence-corrected chi connectivity index (χ4v) is 0.253. The molecule has 0 aromatic carbocycles. The molecule has 12 heavy (non-hydrogen) atoms. The number of amides is 1. The van der Waals surface area contributed by atoms with Gasteiger partial charge in [0, 0.05) is 14.1 Å². The third kappa shape index (κ3) is 16.1. The smallest absolute Gasteiger partial charge is 0.409 e. The van der Waals surface area contributed by atoms with Crippen LogP contribution in [-0.4, -0.2) is 57.7 Å². The molecule has 0 unspecified atom stereocenters. The first-order valence-corrected chi connectivity index (χ1v) is 3.86. The average molecular weight is 176 g/mol. The van der Waals surface area contributed by atoms with Crippen molar-refractivity contribution in [2.24, 2.45) is 0 Å². The minimum absolute atomic E-state index is 0.285. The van der Waals surface area contributed by atoms with Crippen molar-refractivity contribution in [2.75, 3.05) is 41.8 Å². The summed E-state index contributed by atoms with van der Waals surface area (Å²) in [5.74, 6) is 0. The van der Waals surface area contributed by atoms with Crippen molar-refractivity contribution < 1.29 is 9.53 Å². The number of nitrogens with zero attached hydrogens (tertiary/aromatic N) is 2. The molecular formula is C8H20N2O2. The highest BCUT2D eigenvalue weighted by Gasteiger charge is 1.99. The first-order chi connectivity index (χ1) is 5.41. The van der Waals surface area contributed by atoms with Gasteiger partial charge in [-0.1, -0.05) is 0 Å². The Kier molecular flexibility index (Phi) is 9.57. The monoisotopic (exact) mass is 176 g/mol. The molecule has 0 N–H and O–H groups in total. The van der Waals surface area contributed by atoms with Gasteiger partial charge in [0.15, 0.2) is 0 Å². The molecule has 0 aromatic rings. The van der Waals surface area contributed by atoms with E-state index in [9.17, 15) is 4.79 Å². The lowest BCUT2D eigenvalue weighted by molar-refractivity contribution is 0.124. The lowest BCUT2D eigenvalue weighted by Crippen LogP contribution is -2.22. The maximum Gasteiger partial charge on any atom is 0.409 e. The summed E-state index contributed by atoms with van der Waals surface area (Å²) in [4.78, 5) is 13.8. The quantitative estimate of drug-likeness (QED) is 0.594. The maximum atomic E-state index is 10.4. The number of carbonyl (C=O) groups excluding carboxylic acids is 1. The van der Waals surface area contributed by atoms with Gasteiger partial charge in [-0.25, -0.2) is 4.79 Å². The second-order valence-electron chi connectivity index (χ2n) is 2.93. The van der Waals surface area contributed by atoms with Crippen LogP contribution >= 0.6 is 0 Å². The van der Waals surface area contributed by atoms with Gasteiger partial charge in [0.2, 0.25) is 0 Å². The van der Waals surface area contributed by atoms with Crippen LogP contribution in [0.2, 0.25) is 0 Å². The molecule has 0 aliphatic carbocycles. The van der Waals surface area contributed by atoms with E-state index in [2.05, 4.69) is 4.74 Å². The summed E-state index contributed by atoms with van der Waals surface area (Å²) in [6.45, 7) is 2.22. The summed E-state index contributed by atoms with van der Waals surface area (Å²) in [5.41, 5.74) is 0. The second kappa shape index (κ2) is 8.33. The van der Waals surface area contributed by atoms with Crippen molar-refractivity contribution >= 4 is 6.09 Å². The third-order valence-electron chi connectivity index (χ3n) is 0.633. The lowest BCUT2D eigenvalue weighted by atomic mass is 10.8. The summed E-state index contributed by atoms with van der Waals surface area (Å²) in [6.07, 6.45) is -0.285. The Bertz CT molecular complexity index is 111. The van der Waals surface area contributed by atoms with Crippen molar-refractivity contribution in [3.8, 4) is 0 Å². The molecule has 0 fully saturated rings. The zero-order valence-electron chi connectivity index (χ0n) is 8.92. The molecule has 1 amide bonds. The molecule has 0 atom stereocenters. The molecule has 0 heterocycles. The Morgan fingerprint density at radius 3 is 1.58 bits per heavy atom. The fraction of sp³-hybridized carbons (Fsp3) is 0.875. The number of hydrogen-bond acceptors (Lipinski definition) is 3. The van der Waals surface area contributed by atoms with Gasteiger partial charge >= 0.3 is 6.09 Å². The molecule has 0 aliphatic heterocycles. The van der Waals surface area contributed by atoms with Crippen molar-refractivity contribution in [3.63, 3.8) is 0 Å². The van der Waals surface area contributed by atoms with Crippen LogP contribution in [0.25, 0.3) is 0 Å². The van der Waals surface area contributed by atoms with Crippen LogP contribution in [0.4, 0.5) is 4.79 Å². The first kappa shape index (κ1) is 13.8. The predicted octanol–water partition coefficient (Wildman–Crippen LogP) is 0.882. The Labute approximate surface area is 75.1 Å². The molecular weight excluding hydrogens is 156 g/mol. The largest absolute Gasteiger partial charge is 0.450 e. The highest BCUT2D eigenvalue weighted by molar-refractivity contribution is 5.66. The molecule has 0 spiro atoms. The number of carbonyl (C=O) groups is 1. The summed E-state index contributed by atoms with van der Waals surface area (Å²) >= 11 is 0. The van der Waals surface area contributed by atoms with Crippen LogP contribution in [0.1, 0.15) is 6.92 Å². The Morgan fingerprint density at radius 2 is 1.50 bits per heavy atom. The van der Waals surface area contributed by atoms with Crippen molar-refractivity contribution in [3.05, 3.63) is 0 Å². The molecule has 74 valence electrons. The standard InChI is InChI=1S/C5H11NO2.C3H9N/c1-4-8-5(7)6(2)3;1-4(2)3/h4H2,1-3H3;1-3H3.